The van der Waals surface area contributed by atoms with Crippen molar-refractivity contribution in [2.45, 2.75) is 26.6 Å². The summed E-state index contributed by atoms with van der Waals surface area (Å²) in [5.41, 5.74) is 1.13. The number of hydrogen-bond acceptors (Lipinski definition) is 4. The molecule has 0 radical (unpaired) electrons. The molecule has 3 heterocycles. The summed E-state index contributed by atoms with van der Waals surface area (Å²) in [6, 6.07) is 9.17. The zero-order valence-electron chi connectivity index (χ0n) is 17.1. The Morgan fingerprint density at radius 1 is 1.10 bits per heavy atom. The van der Waals surface area contributed by atoms with Gasteiger partial charge in [0.15, 0.2) is 11.3 Å². The van der Waals surface area contributed by atoms with Crippen LogP contribution in [0.2, 0.25) is 5.02 Å². The fourth-order valence-corrected chi connectivity index (χ4v) is 3.90. The molecule has 2 aromatic heterocycles. The summed E-state index contributed by atoms with van der Waals surface area (Å²) in [6.07, 6.45) is -4.65. The van der Waals surface area contributed by atoms with E-state index in [2.05, 4.69) is 39.2 Å². The molecule has 0 spiro atoms. The van der Waals surface area contributed by atoms with Crippen molar-refractivity contribution in [2.24, 2.45) is 0 Å². The lowest BCUT2D eigenvalue weighted by molar-refractivity contribution is -0.142. The maximum atomic E-state index is 13.4. The van der Waals surface area contributed by atoms with Gasteiger partial charge < -0.3 is 4.90 Å². The normalized spacial score (nSPS) is 15.6. The largest absolute Gasteiger partial charge is 0.433 e. The number of piperazine rings is 1. The zero-order valence-corrected chi connectivity index (χ0v) is 17.8. The Labute approximate surface area is 182 Å². The van der Waals surface area contributed by atoms with Gasteiger partial charge in [-0.15, -0.1) is 0 Å². The standard InChI is InChI=1S/C21H21ClF3N5O/c1-13-3-5-15(6-4-13)12-28-7-9-29(10-8-28)20(31)18-17(22)19-26-14(2)11-16(21(23,24)25)30(19)27-18/h3-6,11H,7-10,12H2,1-2H3. The van der Waals surface area contributed by atoms with Crippen molar-refractivity contribution in [3.63, 3.8) is 0 Å². The van der Waals surface area contributed by atoms with Crippen LogP contribution in [0.1, 0.15) is 33.0 Å². The monoisotopic (exact) mass is 451 g/mol. The molecule has 4 rings (SSSR count). The quantitative estimate of drug-likeness (QED) is 0.604. The first-order chi connectivity index (χ1) is 14.6. The number of aryl methyl sites for hydroxylation is 2. The molecule has 1 aliphatic rings. The van der Waals surface area contributed by atoms with Crippen LogP contribution in [0.4, 0.5) is 13.2 Å². The summed E-state index contributed by atoms with van der Waals surface area (Å²) in [4.78, 5) is 20.8. The van der Waals surface area contributed by atoms with Gasteiger partial charge in [-0.2, -0.15) is 18.3 Å². The van der Waals surface area contributed by atoms with E-state index in [1.54, 1.807) is 4.90 Å². The van der Waals surface area contributed by atoms with E-state index < -0.39 is 17.8 Å². The average molecular weight is 452 g/mol. The Hall–Kier alpha value is -2.65. The molecule has 0 aliphatic carbocycles. The highest BCUT2D eigenvalue weighted by Crippen LogP contribution is 2.32. The third-order valence-corrected chi connectivity index (χ3v) is 5.69. The van der Waals surface area contributed by atoms with E-state index in [1.165, 1.54) is 18.1 Å². The first-order valence-electron chi connectivity index (χ1n) is 9.84. The van der Waals surface area contributed by atoms with Gasteiger partial charge in [0, 0.05) is 38.4 Å². The number of benzene rings is 1. The minimum Gasteiger partial charge on any atom is -0.335 e. The molecule has 0 saturated carbocycles. The van der Waals surface area contributed by atoms with Gasteiger partial charge in [-0.05, 0) is 25.5 Å². The van der Waals surface area contributed by atoms with Gasteiger partial charge in [0.1, 0.15) is 10.7 Å². The molecule has 0 unspecified atom stereocenters. The summed E-state index contributed by atoms with van der Waals surface area (Å²) in [6.45, 7) is 6.42. The van der Waals surface area contributed by atoms with E-state index >= 15 is 0 Å². The number of hydrogen-bond donors (Lipinski definition) is 0. The van der Waals surface area contributed by atoms with E-state index in [9.17, 15) is 18.0 Å². The first-order valence-corrected chi connectivity index (χ1v) is 10.2. The predicted molar refractivity (Wildman–Crippen MR) is 110 cm³/mol. The molecular formula is C21H21ClF3N5O. The Kier molecular flexibility index (Phi) is 5.65. The van der Waals surface area contributed by atoms with Gasteiger partial charge in [0.05, 0.1) is 0 Å². The number of alkyl halides is 3. The highest BCUT2D eigenvalue weighted by Gasteiger charge is 2.37. The summed E-state index contributed by atoms with van der Waals surface area (Å²) >= 11 is 6.24. The van der Waals surface area contributed by atoms with Crippen LogP contribution in [0.3, 0.4) is 0 Å². The van der Waals surface area contributed by atoms with Crippen LogP contribution in [0.25, 0.3) is 5.65 Å². The van der Waals surface area contributed by atoms with E-state index in [0.717, 1.165) is 12.6 Å². The summed E-state index contributed by atoms with van der Waals surface area (Å²) in [5, 5.41) is 3.72. The molecule has 1 aromatic carbocycles. The average Bonchev–Trinajstić information content (AvgIpc) is 3.05. The Bertz CT molecular complexity index is 1120. The van der Waals surface area contributed by atoms with Crippen LogP contribution in [0.5, 0.6) is 0 Å². The SMILES string of the molecule is Cc1ccc(CN2CCN(C(=O)c3nn4c(C(F)(F)F)cc(C)nc4c3Cl)CC2)cc1. The van der Waals surface area contributed by atoms with Gasteiger partial charge in [-0.3, -0.25) is 9.69 Å². The van der Waals surface area contributed by atoms with Crippen LogP contribution >= 0.6 is 11.6 Å². The van der Waals surface area contributed by atoms with E-state index in [-0.39, 0.29) is 22.1 Å². The number of nitrogens with zero attached hydrogens (tertiary/aromatic N) is 5. The highest BCUT2D eigenvalue weighted by molar-refractivity contribution is 6.36. The smallest absolute Gasteiger partial charge is 0.335 e. The number of aromatic nitrogens is 3. The van der Waals surface area contributed by atoms with Crippen molar-refractivity contribution in [3.05, 3.63) is 63.6 Å². The minimum absolute atomic E-state index is 0.144. The fourth-order valence-electron chi connectivity index (χ4n) is 3.66. The molecule has 1 amide bonds. The topological polar surface area (TPSA) is 53.7 Å². The van der Waals surface area contributed by atoms with E-state index in [0.29, 0.717) is 30.7 Å². The van der Waals surface area contributed by atoms with Gasteiger partial charge in [0.25, 0.3) is 5.91 Å². The molecule has 0 bridgehead atoms. The van der Waals surface area contributed by atoms with E-state index in [1.807, 2.05) is 6.92 Å². The molecule has 164 valence electrons. The molecule has 31 heavy (non-hydrogen) atoms. The number of rotatable bonds is 3. The Morgan fingerprint density at radius 3 is 2.35 bits per heavy atom. The maximum absolute atomic E-state index is 13.4. The van der Waals surface area contributed by atoms with Crippen LogP contribution in [-0.2, 0) is 12.7 Å². The zero-order chi connectivity index (χ0) is 22.3. The second kappa shape index (κ2) is 8.12. The molecule has 6 nitrogen and oxygen atoms in total. The molecule has 1 fully saturated rings. The highest BCUT2D eigenvalue weighted by atomic mass is 35.5. The van der Waals surface area contributed by atoms with Crippen LogP contribution in [0, 0.1) is 13.8 Å². The minimum atomic E-state index is -4.65. The lowest BCUT2D eigenvalue weighted by Gasteiger charge is -2.34. The van der Waals surface area contributed by atoms with Crippen LogP contribution < -0.4 is 0 Å². The first kappa shape index (κ1) is 21.6. The number of halogens is 4. The lowest BCUT2D eigenvalue weighted by Crippen LogP contribution is -2.48. The third-order valence-electron chi connectivity index (χ3n) is 5.34. The molecule has 3 aromatic rings. The van der Waals surface area contributed by atoms with Crippen LogP contribution in [-0.4, -0.2) is 56.5 Å². The number of fused-ring (bicyclic) bond motifs is 1. The van der Waals surface area contributed by atoms with Crippen molar-refractivity contribution in [3.8, 4) is 0 Å². The Morgan fingerprint density at radius 2 is 1.74 bits per heavy atom. The van der Waals surface area contributed by atoms with Gasteiger partial charge in [-0.1, -0.05) is 41.4 Å². The summed E-state index contributed by atoms with van der Waals surface area (Å²) < 4.78 is 40.8. The van der Waals surface area contributed by atoms with Crippen molar-refractivity contribution < 1.29 is 18.0 Å². The van der Waals surface area contributed by atoms with Gasteiger partial charge >= 0.3 is 6.18 Å². The van der Waals surface area contributed by atoms with E-state index in [4.69, 9.17) is 11.6 Å². The summed E-state index contributed by atoms with van der Waals surface area (Å²) in [5.74, 6) is -0.490. The van der Waals surface area contributed by atoms with Crippen LogP contribution in [0.15, 0.2) is 30.3 Å². The molecular weight excluding hydrogens is 431 g/mol. The number of amides is 1. The Balaban J connectivity index is 1.51. The molecule has 0 N–H and O–H groups in total. The van der Waals surface area contributed by atoms with Gasteiger partial charge in [-0.25, -0.2) is 9.50 Å². The third kappa shape index (κ3) is 4.38. The predicted octanol–water partition coefficient (Wildman–Crippen LogP) is 3.98. The fraction of sp³-hybridized carbons (Fsp3) is 0.381. The maximum Gasteiger partial charge on any atom is 0.433 e. The van der Waals surface area contributed by atoms with Crippen molar-refractivity contribution in [1.82, 2.24) is 24.4 Å². The van der Waals surface area contributed by atoms with Gasteiger partial charge in [0.2, 0.25) is 0 Å². The lowest BCUT2D eigenvalue weighted by atomic mass is 10.1. The molecule has 1 aliphatic heterocycles. The van der Waals surface area contributed by atoms with Crippen molar-refractivity contribution >= 4 is 23.2 Å². The second-order valence-corrected chi connectivity index (χ2v) is 8.11. The van der Waals surface area contributed by atoms with Crippen molar-refractivity contribution in [2.75, 3.05) is 26.2 Å². The second-order valence-electron chi connectivity index (χ2n) is 7.73. The summed E-state index contributed by atoms with van der Waals surface area (Å²) in [7, 11) is 0. The number of carbonyl (C=O) groups is 1. The van der Waals surface area contributed by atoms with Crippen molar-refractivity contribution in [1.29, 1.82) is 0 Å². The number of carbonyl (C=O) groups excluding carboxylic acids is 1. The molecule has 0 atom stereocenters. The molecule has 1 saturated heterocycles. The molecule has 10 heteroatoms.